The molecular weight excluding hydrogens is 459 g/mol. The summed E-state index contributed by atoms with van der Waals surface area (Å²) in [7, 11) is 1.94. The Hall–Kier alpha value is -3.18. The van der Waals surface area contributed by atoms with E-state index >= 15 is 0 Å². The van der Waals surface area contributed by atoms with Crippen molar-refractivity contribution in [3.63, 3.8) is 0 Å². The second-order valence-electron chi connectivity index (χ2n) is 7.24. The maximum Gasteiger partial charge on any atom is 0.151 e. The predicted molar refractivity (Wildman–Crippen MR) is 133 cm³/mol. The van der Waals surface area contributed by atoms with Crippen LogP contribution >= 0.6 is 22.9 Å². The van der Waals surface area contributed by atoms with Gasteiger partial charge in [-0.1, -0.05) is 35.6 Å². The summed E-state index contributed by atoms with van der Waals surface area (Å²) in [6.07, 6.45) is 3.39. The molecule has 168 valence electrons. The fraction of sp³-hybridized carbons (Fsp3) is 0.200. The standard InChI is InChI=1S/C25H22ClFN4OS/c1-28-11-4-2-3-8-20-14-22-24(33-20)25(30-16-29-22)31-19-9-10-23(21(26)13-19)32-15-17-6-5-7-18(27)12-17/h5-7,9-10,12-14,16,28H,2,4,11,15H2,1H3,(H,29,30,31). The minimum atomic E-state index is -0.297. The van der Waals surface area contributed by atoms with Crippen LogP contribution in [0.2, 0.25) is 5.02 Å². The first-order valence-corrected chi connectivity index (χ1v) is 11.6. The average molecular weight is 481 g/mol. The van der Waals surface area contributed by atoms with E-state index in [1.165, 1.54) is 18.5 Å². The molecule has 0 fully saturated rings. The molecular formula is C25H22ClFN4OS. The Morgan fingerprint density at radius 2 is 2.06 bits per heavy atom. The van der Waals surface area contributed by atoms with Crippen LogP contribution in [0, 0.1) is 17.7 Å². The molecule has 0 bridgehead atoms. The Kier molecular flexibility index (Phi) is 7.74. The second kappa shape index (κ2) is 11.1. The van der Waals surface area contributed by atoms with Gasteiger partial charge in [-0.3, -0.25) is 0 Å². The van der Waals surface area contributed by atoms with Gasteiger partial charge in [0.2, 0.25) is 0 Å². The van der Waals surface area contributed by atoms with Gasteiger partial charge in [0.05, 0.1) is 20.1 Å². The number of nitrogens with zero attached hydrogens (tertiary/aromatic N) is 2. The highest BCUT2D eigenvalue weighted by Crippen LogP contribution is 2.33. The number of anilines is 2. The first kappa shape index (κ1) is 23.0. The third-order valence-electron chi connectivity index (χ3n) is 4.73. The third-order valence-corrected chi connectivity index (χ3v) is 6.07. The summed E-state index contributed by atoms with van der Waals surface area (Å²) in [6, 6.07) is 13.7. The van der Waals surface area contributed by atoms with Gasteiger partial charge in [0.1, 0.15) is 24.5 Å². The summed E-state index contributed by atoms with van der Waals surface area (Å²) in [6.45, 7) is 1.18. The number of unbranched alkanes of at least 4 members (excludes halogenated alkanes) is 1. The predicted octanol–water partition coefficient (Wildman–Crippen LogP) is 6.16. The van der Waals surface area contributed by atoms with E-state index in [4.69, 9.17) is 16.3 Å². The van der Waals surface area contributed by atoms with Gasteiger partial charge >= 0.3 is 0 Å². The summed E-state index contributed by atoms with van der Waals surface area (Å²) in [5, 5.41) is 6.87. The number of hydrogen-bond acceptors (Lipinski definition) is 6. The van der Waals surface area contributed by atoms with Gasteiger partial charge < -0.3 is 15.4 Å². The Bertz CT molecular complexity index is 1310. The van der Waals surface area contributed by atoms with Crippen molar-refractivity contribution in [3.8, 4) is 17.6 Å². The molecule has 4 aromatic rings. The van der Waals surface area contributed by atoms with E-state index in [0.29, 0.717) is 16.6 Å². The topological polar surface area (TPSA) is 59.1 Å². The van der Waals surface area contributed by atoms with E-state index in [-0.39, 0.29) is 12.4 Å². The summed E-state index contributed by atoms with van der Waals surface area (Å²) >= 11 is 7.97. The Labute approximate surface area is 201 Å². The van der Waals surface area contributed by atoms with E-state index in [1.54, 1.807) is 35.6 Å². The zero-order valence-electron chi connectivity index (χ0n) is 18.0. The molecule has 0 aliphatic heterocycles. The molecule has 4 rings (SSSR count). The first-order chi connectivity index (χ1) is 16.1. The highest BCUT2D eigenvalue weighted by molar-refractivity contribution is 7.20. The zero-order valence-corrected chi connectivity index (χ0v) is 19.6. The number of benzene rings is 2. The minimum Gasteiger partial charge on any atom is -0.487 e. The van der Waals surface area contributed by atoms with Crippen LogP contribution in [0.4, 0.5) is 15.9 Å². The van der Waals surface area contributed by atoms with Gasteiger partial charge in [-0.05, 0) is 62.0 Å². The van der Waals surface area contributed by atoms with E-state index < -0.39 is 0 Å². The number of fused-ring (bicyclic) bond motifs is 1. The largest absolute Gasteiger partial charge is 0.487 e. The van der Waals surface area contributed by atoms with Crippen molar-refractivity contribution < 1.29 is 9.13 Å². The van der Waals surface area contributed by atoms with E-state index in [0.717, 1.165) is 45.7 Å². The number of thiophene rings is 1. The van der Waals surface area contributed by atoms with Crippen LogP contribution in [0.3, 0.4) is 0 Å². The number of rotatable bonds is 8. The number of hydrogen-bond donors (Lipinski definition) is 2. The molecule has 5 nitrogen and oxygen atoms in total. The highest BCUT2D eigenvalue weighted by Gasteiger charge is 2.10. The summed E-state index contributed by atoms with van der Waals surface area (Å²) < 4.78 is 20.0. The molecule has 0 radical (unpaired) electrons. The Morgan fingerprint density at radius 3 is 2.88 bits per heavy atom. The smallest absolute Gasteiger partial charge is 0.151 e. The van der Waals surface area contributed by atoms with Gasteiger partial charge in [0.15, 0.2) is 5.82 Å². The SMILES string of the molecule is CNCCCC#Cc1cc2ncnc(Nc3ccc(OCc4cccc(F)c4)c(Cl)c3)c2s1. The fourth-order valence-corrected chi connectivity index (χ4v) is 4.29. The van der Waals surface area contributed by atoms with Gasteiger partial charge in [0.25, 0.3) is 0 Å². The molecule has 0 aliphatic rings. The lowest BCUT2D eigenvalue weighted by molar-refractivity contribution is 0.306. The quantitative estimate of drug-likeness (QED) is 0.234. The zero-order chi connectivity index (χ0) is 23.0. The van der Waals surface area contributed by atoms with E-state index in [9.17, 15) is 4.39 Å². The maximum absolute atomic E-state index is 13.3. The second-order valence-corrected chi connectivity index (χ2v) is 8.70. The van der Waals surface area contributed by atoms with Crippen LogP contribution in [0.25, 0.3) is 10.2 Å². The lowest BCUT2D eigenvalue weighted by Crippen LogP contribution is -2.06. The number of halogens is 2. The van der Waals surface area contributed by atoms with E-state index in [2.05, 4.69) is 32.4 Å². The van der Waals surface area contributed by atoms with Crippen LogP contribution in [-0.2, 0) is 6.61 Å². The van der Waals surface area contributed by atoms with Crippen molar-refractivity contribution >= 4 is 44.7 Å². The molecule has 2 aromatic carbocycles. The van der Waals surface area contributed by atoms with Gasteiger partial charge in [0, 0.05) is 12.1 Å². The number of nitrogens with one attached hydrogen (secondary N) is 2. The van der Waals surface area contributed by atoms with Crippen molar-refractivity contribution in [2.24, 2.45) is 0 Å². The molecule has 0 unspecified atom stereocenters. The molecule has 8 heteroatoms. The highest BCUT2D eigenvalue weighted by atomic mass is 35.5. The lowest BCUT2D eigenvalue weighted by atomic mass is 10.2. The summed E-state index contributed by atoms with van der Waals surface area (Å²) in [5.41, 5.74) is 2.35. The molecule has 0 saturated heterocycles. The van der Waals surface area contributed by atoms with Gasteiger partial charge in [-0.25, -0.2) is 14.4 Å². The van der Waals surface area contributed by atoms with Crippen LogP contribution in [-0.4, -0.2) is 23.6 Å². The molecule has 0 atom stereocenters. The monoisotopic (exact) mass is 480 g/mol. The lowest BCUT2D eigenvalue weighted by Gasteiger charge is -2.11. The Morgan fingerprint density at radius 1 is 1.15 bits per heavy atom. The molecule has 0 aliphatic carbocycles. The van der Waals surface area contributed by atoms with Crippen molar-refractivity contribution in [1.82, 2.24) is 15.3 Å². The van der Waals surface area contributed by atoms with Crippen molar-refractivity contribution in [2.45, 2.75) is 19.4 Å². The molecule has 0 spiro atoms. The van der Waals surface area contributed by atoms with Crippen molar-refractivity contribution in [2.75, 3.05) is 18.9 Å². The maximum atomic E-state index is 13.3. The molecule has 0 amide bonds. The van der Waals surface area contributed by atoms with Crippen LogP contribution in [0.15, 0.2) is 54.9 Å². The van der Waals surface area contributed by atoms with Crippen molar-refractivity contribution in [1.29, 1.82) is 0 Å². The number of ether oxygens (including phenoxy) is 1. The molecule has 33 heavy (non-hydrogen) atoms. The Balaban J connectivity index is 1.45. The number of aromatic nitrogens is 2. The van der Waals surface area contributed by atoms with Crippen LogP contribution in [0.5, 0.6) is 5.75 Å². The van der Waals surface area contributed by atoms with Gasteiger partial charge in [-0.15, -0.1) is 11.3 Å². The molecule has 2 N–H and O–H groups in total. The summed E-state index contributed by atoms with van der Waals surface area (Å²) in [4.78, 5) is 9.71. The molecule has 2 aromatic heterocycles. The normalized spacial score (nSPS) is 10.6. The summed E-state index contributed by atoms with van der Waals surface area (Å²) in [5.74, 6) is 7.34. The minimum absolute atomic E-state index is 0.227. The van der Waals surface area contributed by atoms with Crippen molar-refractivity contribution in [3.05, 3.63) is 76.1 Å². The van der Waals surface area contributed by atoms with E-state index in [1.807, 2.05) is 19.2 Å². The van der Waals surface area contributed by atoms with Gasteiger partial charge in [-0.2, -0.15) is 0 Å². The average Bonchev–Trinajstić information content (AvgIpc) is 3.22. The molecule has 2 heterocycles. The van der Waals surface area contributed by atoms with Crippen LogP contribution in [0.1, 0.15) is 23.3 Å². The fourth-order valence-electron chi connectivity index (χ4n) is 3.13. The molecule has 0 saturated carbocycles. The first-order valence-electron chi connectivity index (χ1n) is 10.4. The van der Waals surface area contributed by atoms with Crippen LogP contribution < -0.4 is 15.4 Å². The third kappa shape index (κ3) is 6.20.